The molecule has 0 radical (unpaired) electrons. The van der Waals surface area contributed by atoms with Crippen molar-refractivity contribution in [1.29, 1.82) is 0 Å². The highest BCUT2D eigenvalue weighted by Crippen LogP contribution is 2.25. The summed E-state index contributed by atoms with van der Waals surface area (Å²) in [7, 11) is 1.32. The quantitative estimate of drug-likeness (QED) is 0.448. The first-order chi connectivity index (χ1) is 8.99. The number of nitro groups is 1. The van der Waals surface area contributed by atoms with Gasteiger partial charge in [-0.2, -0.15) is 0 Å². The number of nitrogens with zero attached hydrogens (tertiary/aromatic N) is 2. The van der Waals surface area contributed by atoms with Crippen LogP contribution >= 0.6 is 0 Å². The topological polar surface area (TPSA) is 72.7 Å². The molecular weight excluding hydrogens is 248 g/mol. The number of esters is 1. The van der Waals surface area contributed by atoms with E-state index in [1.807, 2.05) is 6.92 Å². The van der Waals surface area contributed by atoms with Crippen LogP contribution in [0.15, 0.2) is 18.2 Å². The van der Waals surface area contributed by atoms with Gasteiger partial charge >= 0.3 is 5.97 Å². The van der Waals surface area contributed by atoms with Crippen LogP contribution in [0, 0.1) is 17.0 Å². The summed E-state index contributed by atoms with van der Waals surface area (Å²) in [5.74, 6) is -0.364. The lowest BCUT2D eigenvalue weighted by Gasteiger charge is -2.22. The summed E-state index contributed by atoms with van der Waals surface area (Å²) in [5, 5.41) is 10.9. The Labute approximate surface area is 112 Å². The van der Waals surface area contributed by atoms with E-state index in [0.29, 0.717) is 17.8 Å². The third-order valence-electron chi connectivity index (χ3n) is 2.80. The molecule has 0 fully saturated rings. The van der Waals surface area contributed by atoms with Crippen LogP contribution in [-0.4, -0.2) is 31.1 Å². The summed E-state index contributed by atoms with van der Waals surface area (Å²) in [6.45, 7) is 4.39. The largest absolute Gasteiger partial charge is 0.468 e. The van der Waals surface area contributed by atoms with E-state index < -0.39 is 4.92 Å². The molecule has 0 aliphatic carbocycles. The minimum Gasteiger partial charge on any atom is -0.468 e. The molecule has 6 nitrogen and oxygen atoms in total. The summed E-state index contributed by atoms with van der Waals surface area (Å²) in [4.78, 5) is 23.6. The zero-order chi connectivity index (χ0) is 14.4. The lowest BCUT2D eigenvalue weighted by atomic mass is 10.1. The van der Waals surface area contributed by atoms with Gasteiger partial charge in [0.05, 0.1) is 12.0 Å². The van der Waals surface area contributed by atoms with Crippen LogP contribution in [-0.2, 0) is 9.53 Å². The predicted molar refractivity (Wildman–Crippen MR) is 72.4 cm³/mol. The maximum atomic E-state index is 11.4. The Kier molecular flexibility index (Phi) is 5.29. The Balaban J connectivity index is 3.05. The number of hydrogen-bond donors (Lipinski definition) is 0. The number of rotatable bonds is 6. The van der Waals surface area contributed by atoms with Gasteiger partial charge in [0.2, 0.25) is 0 Å². The summed E-state index contributed by atoms with van der Waals surface area (Å²) >= 11 is 0. The second kappa shape index (κ2) is 6.72. The molecule has 0 heterocycles. The average molecular weight is 266 g/mol. The number of aryl methyl sites for hydroxylation is 1. The zero-order valence-electron chi connectivity index (χ0n) is 11.4. The molecular formula is C13H18N2O4. The summed E-state index contributed by atoms with van der Waals surface area (Å²) < 4.78 is 4.64. The lowest BCUT2D eigenvalue weighted by Crippen LogP contribution is -2.31. The van der Waals surface area contributed by atoms with Crippen LogP contribution in [0.3, 0.4) is 0 Å². The Morgan fingerprint density at radius 3 is 2.68 bits per heavy atom. The van der Waals surface area contributed by atoms with Gasteiger partial charge in [-0.1, -0.05) is 13.0 Å². The van der Waals surface area contributed by atoms with Gasteiger partial charge in [-0.25, -0.2) is 0 Å². The minimum absolute atomic E-state index is 0.0588. The third-order valence-corrected chi connectivity index (χ3v) is 2.80. The van der Waals surface area contributed by atoms with E-state index in [4.69, 9.17) is 0 Å². The van der Waals surface area contributed by atoms with E-state index in [2.05, 4.69) is 4.74 Å². The van der Waals surface area contributed by atoms with Crippen molar-refractivity contribution in [3.8, 4) is 0 Å². The summed E-state index contributed by atoms with van der Waals surface area (Å²) in [5.41, 5.74) is 1.32. The molecule has 0 spiro atoms. The molecule has 0 saturated carbocycles. The SMILES string of the molecule is CCCN(CC(=O)OC)c1ccc(C)c([N+](=O)[O-])c1. The lowest BCUT2D eigenvalue weighted by molar-refractivity contribution is -0.385. The number of methoxy groups -OCH3 is 1. The van der Waals surface area contributed by atoms with Crippen molar-refractivity contribution < 1.29 is 14.5 Å². The fourth-order valence-corrected chi connectivity index (χ4v) is 1.78. The smallest absolute Gasteiger partial charge is 0.325 e. The van der Waals surface area contributed by atoms with Crippen molar-refractivity contribution >= 4 is 17.3 Å². The molecule has 0 bridgehead atoms. The van der Waals surface area contributed by atoms with Crippen LogP contribution in [0.5, 0.6) is 0 Å². The van der Waals surface area contributed by atoms with Gasteiger partial charge < -0.3 is 9.64 Å². The molecule has 1 aromatic carbocycles. The average Bonchev–Trinajstić information content (AvgIpc) is 2.38. The number of benzene rings is 1. The highest BCUT2D eigenvalue weighted by molar-refractivity contribution is 5.76. The van der Waals surface area contributed by atoms with Gasteiger partial charge in [0, 0.05) is 23.9 Å². The van der Waals surface area contributed by atoms with Crippen molar-refractivity contribution in [3.05, 3.63) is 33.9 Å². The van der Waals surface area contributed by atoms with Gasteiger partial charge in [0.1, 0.15) is 6.54 Å². The van der Waals surface area contributed by atoms with Crippen LogP contribution in [0.2, 0.25) is 0 Å². The molecule has 0 aliphatic heterocycles. The van der Waals surface area contributed by atoms with Crippen molar-refractivity contribution in [2.75, 3.05) is 25.1 Å². The first-order valence-corrected chi connectivity index (χ1v) is 6.06. The Morgan fingerprint density at radius 1 is 1.47 bits per heavy atom. The number of ether oxygens (including phenoxy) is 1. The standard InChI is InChI=1S/C13H18N2O4/c1-4-7-14(9-13(16)19-3)11-6-5-10(2)12(8-11)15(17)18/h5-6,8H,4,7,9H2,1-3H3. The second-order valence-corrected chi connectivity index (χ2v) is 4.23. The van der Waals surface area contributed by atoms with Gasteiger partial charge in [0.15, 0.2) is 0 Å². The Bertz CT molecular complexity index is 474. The van der Waals surface area contributed by atoms with Crippen molar-refractivity contribution in [2.24, 2.45) is 0 Å². The van der Waals surface area contributed by atoms with E-state index in [0.717, 1.165) is 6.42 Å². The van der Waals surface area contributed by atoms with Gasteiger partial charge in [-0.3, -0.25) is 14.9 Å². The molecule has 19 heavy (non-hydrogen) atoms. The molecule has 6 heteroatoms. The van der Waals surface area contributed by atoms with Gasteiger partial charge in [0.25, 0.3) is 5.69 Å². The molecule has 0 amide bonds. The fourth-order valence-electron chi connectivity index (χ4n) is 1.78. The molecule has 1 rings (SSSR count). The van der Waals surface area contributed by atoms with E-state index in [9.17, 15) is 14.9 Å². The molecule has 0 N–H and O–H groups in total. The number of nitro benzene ring substituents is 1. The molecule has 0 atom stereocenters. The van der Waals surface area contributed by atoms with Crippen LogP contribution in [0.4, 0.5) is 11.4 Å². The first kappa shape index (κ1) is 14.9. The van der Waals surface area contributed by atoms with Crippen molar-refractivity contribution in [2.45, 2.75) is 20.3 Å². The highest BCUT2D eigenvalue weighted by Gasteiger charge is 2.16. The van der Waals surface area contributed by atoms with Gasteiger partial charge in [-0.15, -0.1) is 0 Å². The number of anilines is 1. The normalized spacial score (nSPS) is 10.1. The Morgan fingerprint density at radius 2 is 2.16 bits per heavy atom. The maximum Gasteiger partial charge on any atom is 0.325 e. The third kappa shape index (κ3) is 3.94. The first-order valence-electron chi connectivity index (χ1n) is 6.06. The summed E-state index contributed by atoms with van der Waals surface area (Å²) in [6, 6.07) is 4.96. The molecule has 104 valence electrons. The van der Waals surface area contributed by atoms with Gasteiger partial charge in [-0.05, 0) is 19.4 Å². The molecule has 0 aliphatic rings. The molecule has 1 aromatic rings. The Hall–Kier alpha value is -2.11. The molecule has 0 saturated heterocycles. The monoisotopic (exact) mass is 266 g/mol. The highest BCUT2D eigenvalue weighted by atomic mass is 16.6. The number of hydrogen-bond acceptors (Lipinski definition) is 5. The van der Waals surface area contributed by atoms with Crippen LogP contribution < -0.4 is 4.90 Å². The fraction of sp³-hybridized carbons (Fsp3) is 0.462. The van der Waals surface area contributed by atoms with Crippen LogP contribution in [0.1, 0.15) is 18.9 Å². The molecule has 0 unspecified atom stereocenters. The van der Waals surface area contributed by atoms with Crippen molar-refractivity contribution in [3.63, 3.8) is 0 Å². The molecule has 0 aromatic heterocycles. The maximum absolute atomic E-state index is 11.4. The van der Waals surface area contributed by atoms with Crippen molar-refractivity contribution in [1.82, 2.24) is 0 Å². The zero-order valence-corrected chi connectivity index (χ0v) is 11.4. The minimum atomic E-state index is -0.416. The summed E-state index contributed by atoms with van der Waals surface area (Å²) in [6.07, 6.45) is 0.832. The van der Waals surface area contributed by atoms with E-state index in [1.54, 1.807) is 24.0 Å². The van der Waals surface area contributed by atoms with E-state index in [1.165, 1.54) is 13.2 Å². The second-order valence-electron chi connectivity index (χ2n) is 4.23. The van der Waals surface area contributed by atoms with E-state index in [-0.39, 0.29) is 18.2 Å². The van der Waals surface area contributed by atoms with Crippen LogP contribution in [0.25, 0.3) is 0 Å². The predicted octanol–water partition coefficient (Wildman–Crippen LogP) is 2.29. The number of carbonyl (C=O) groups excluding carboxylic acids is 1. The number of carbonyl (C=O) groups is 1. The van der Waals surface area contributed by atoms with E-state index >= 15 is 0 Å².